The van der Waals surface area contributed by atoms with Crippen LogP contribution in [0.3, 0.4) is 0 Å². The highest BCUT2D eigenvalue weighted by Gasteiger charge is 2.27. The fraction of sp³-hybridized carbons (Fsp3) is 0.233. The van der Waals surface area contributed by atoms with Gasteiger partial charge in [-0.25, -0.2) is 4.98 Å². The molecule has 1 saturated heterocycles. The predicted octanol–water partition coefficient (Wildman–Crippen LogP) is 4.65. The molecule has 1 atom stereocenters. The predicted molar refractivity (Wildman–Crippen MR) is 150 cm³/mol. The number of fused-ring (bicyclic) bond motifs is 1. The van der Waals surface area contributed by atoms with Crippen LogP contribution < -0.4 is 15.2 Å². The minimum Gasteiger partial charge on any atom is -0.507 e. The van der Waals surface area contributed by atoms with E-state index >= 15 is 0 Å². The molecule has 5 rings (SSSR count). The Morgan fingerprint density at radius 3 is 2.61 bits per heavy atom. The molecular formula is C30H30N4O4. The molecule has 1 aliphatic heterocycles. The zero-order valence-electron chi connectivity index (χ0n) is 21.6. The van der Waals surface area contributed by atoms with E-state index in [1.807, 2.05) is 4.90 Å². The number of benzene rings is 3. The number of aromatic amines is 1. The number of methoxy groups -OCH3 is 1. The summed E-state index contributed by atoms with van der Waals surface area (Å²) in [6, 6.07) is 20.6. The molecule has 0 bridgehead atoms. The number of hydrogen-bond donors (Lipinski definition) is 2. The standard InChI is InChI=1S/C30H30N4O4/c1-19-7-10-23(11-8-19)34-14-13-33(18-20(34)2)30(37)22-9-12-25-26(16-22)32-29(36)27(31-25)17-28(35)21-5-4-6-24(15-21)38-3/h4-12,15-17,20,35H,13-14,18H2,1-3H3,(H,32,36)/t20-/m0/s1. The molecule has 3 aromatic carbocycles. The quantitative estimate of drug-likeness (QED) is 0.380. The first-order valence-electron chi connectivity index (χ1n) is 12.5. The fourth-order valence-electron chi connectivity index (χ4n) is 4.77. The van der Waals surface area contributed by atoms with Gasteiger partial charge in [0, 0.05) is 48.6 Å². The summed E-state index contributed by atoms with van der Waals surface area (Å²) in [6.07, 6.45) is 1.32. The van der Waals surface area contributed by atoms with Crippen molar-refractivity contribution in [1.82, 2.24) is 14.9 Å². The smallest absolute Gasteiger partial charge is 0.274 e. The molecule has 38 heavy (non-hydrogen) atoms. The van der Waals surface area contributed by atoms with E-state index in [9.17, 15) is 14.7 Å². The first-order chi connectivity index (χ1) is 18.3. The number of carbonyl (C=O) groups is 1. The number of nitrogens with one attached hydrogen (secondary N) is 1. The van der Waals surface area contributed by atoms with Gasteiger partial charge in [-0.2, -0.15) is 0 Å². The third-order valence-corrected chi connectivity index (χ3v) is 6.88. The molecule has 1 fully saturated rings. The number of aliphatic hydroxyl groups is 1. The van der Waals surface area contributed by atoms with Crippen molar-refractivity contribution < 1.29 is 14.6 Å². The van der Waals surface area contributed by atoms with Gasteiger partial charge in [-0.3, -0.25) is 9.59 Å². The number of piperazine rings is 1. The van der Waals surface area contributed by atoms with E-state index in [1.165, 1.54) is 11.6 Å². The summed E-state index contributed by atoms with van der Waals surface area (Å²) in [5.74, 6) is 0.403. The maximum atomic E-state index is 13.3. The zero-order valence-corrected chi connectivity index (χ0v) is 21.6. The first-order valence-corrected chi connectivity index (χ1v) is 12.5. The molecule has 2 N–H and O–H groups in total. The number of anilines is 1. The molecule has 0 unspecified atom stereocenters. The van der Waals surface area contributed by atoms with E-state index in [4.69, 9.17) is 4.74 Å². The summed E-state index contributed by atoms with van der Waals surface area (Å²) in [7, 11) is 1.54. The number of amides is 1. The Hall–Kier alpha value is -4.59. The van der Waals surface area contributed by atoms with E-state index in [2.05, 4.69) is 53.0 Å². The molecule has 8 heteroatoms. The minimum absolute atomic E-state index is 0.0675. The van der Waals surface area contributed by atoms with Crippen LogP contribution in [0.1, 0.15) is 34.1 Å². The Bertz CT molecular complexity index is 1580. The van der Waals surface area contributed by atoms with Crippen molar-refractivity contribution in [2.75, 3.05) is 31.6 Å². The van der Waals surface area contributed by atoms with Gasteiger partial charge in [0.2, 0.25) is 0 Å². The van der Waals surface area contributed by atoms with Gasteiger partial charge in [0.05, 0.1) is 18.1 Å². The fourth-order valence-corrected chi connectivity index (χ4v) is 4.77. The van der Waals surface area contributed by atoms with Crippen molar-refractivity contribution in [3.8, 4) is 5.75 Å². The average Bonchev–Trinajstić information content (AvgIpc) is 2.93. The molecule has 8 nitrogen and oxygen atoms in total. The van der Waals surface area contributed by atoms with Crippen LogP contribution in [0.15, 0.2) is 71.5 Å². The summed E-state index contributed by atoms with van der Waals surface area (Å²) in [5.41, 5.74) is 3.96. The van der Waals surface area contributed by atoms with Crippen LogP contribution in [0.5, 0.6) is 5.75 Å². The van der Waals surface area contributed by atoms with Crippen LogP contribution >= 0.6 is 0 Å². The third kappa shape index (κ3) is 5.11. The van der Waals surface area contributed by atoms with Crippen molar-refractivity contribution in [1.29, 1.82) is 0 Å². The number of aliphatic hydroxyl groups excluding tert-OH is 1. The van der Waals surface area contributed by atoms with Crippen LogP contribution in [0, 0.1) is 6.92 Å². The highest BCUT2D eigenvalue weighted by atomic mass is 16.5. The summed E-state index contributed by atoms with van der Waals surface area (Å²) < 4.78 is 5.19. The van der Waals surface area contributed by atoms with Gasteiger partial charge in [-0.05, 0) is 56.3 Å². The van der Waals surface area contributed by atoms with Crippen LogP contribution in [0.4, 0.5) is 5.69 Å². The number of H-pyrrole nitrogens is 1. The van der Waals surface area contributed by atoms with E-state index in [-0.39, 0.29) is 23.4 Å². The van der Waals surface area contributed by atoms with Crippen LogP contribution in [0.25, 0.3) is 22.9 Å². The van der Waals surface area contributed by atoms with Gasteiger partial charge < -0.3 is 24.6 Å². The monoisotopic (exact) mass is 510 g/mol. The first kappa shape index (κ1) is 25.1. The second kappa shape index (κ2) is 10.4. The Kier molecular flexibility index (Phi) is 6.87. The van der Waals surface area contributed by atoms with Gasteiger partial charge in [0.25, 0.3) is 11.5 Å². The molecule has 1 aliphatic rings. The van der Waals surface area contributed by atoms with Crippen molar-refractivity contribution in [3.05, 3.63) is 99.5 Å². The van der Waals surface area contributed by atoms with Crippen LogP contribution in [0.2, 0.25) is 0 Å². The third-order valence-electron chi connectivity index (χ3n) is 6.88. The number of nitrogens with zero attached hydrogens (tertiary/aromatic N) is 3. The van der Waals surface area contributed by atoms with Gasteiger partial charge in [0.1, 0.15) is 17.2 Å². The number of carbonyl (C=O) groups excluding carboxylic acids is 1. The lowest BCUT2D eigenvalue weighted by atomic mass is 10.1. The van der Waals surface area contributed by atoms with Crippen molar-refractivity contribution >= 4 is 34.5 Å². The van der Waals surface area contributed by atoms with Crippen molar-refractivity contribution in [2.45, 2.75) is 19.9 Å². The Morgan fingerprint density at radius 1 is 1.08 bits per heavy atom. The molecule has 2 heterocycles. The summed E-state index contributed by atoms with van der Waals surface area (Å²) in [6.45, 7) is 6.15. The highest BCUT2D eigenvalue weighted by molar-refractivity contribution is 5.97. The molecule has 194 valence electrons. The normalized spacial score (nSPS) is 16.1. The number of aromatic nitrogens is 2. The second-order valence-electron chi connectivity index (χ2n) is 9.57. The van der Waals surface area contributed by atoms with Crippen molar-refractivity contribution in [3.63, 3.8) is 0 Å². The maximum Gasteiger partial charge on any atom is 0.274 e. The van der Waals surface area contributed by atoms with Gasteiger partial charge >= 0.3 is 0 Å². The molecular weight excluding hydrogens is 480 g/mol. The Balaban J connectivity index is 1.34. The lowest BCUT2D eigenvalue weighted by molar-refractivity contribution is 0.0726. The van der Waals surface area contributed by atoms with Crippen LogP contribution in [-0.2, 0) is 0 Å². The summed E-state index contributed by atoms with van der Waals surface area (Å²) in [4.78, 5) is 37.5. The number of aryl methyl sites for hydroxylation is 1. The molecule has 0 saturated carbocycles. The molecule has 1 amide bonds. The molecule has 1 aromatic heterocycles. The summed E-state index contributed by atoms with van der Waals surface area (Å²) >= 11 is 0. The Labute approximate surface area is 220 Å². The van der Waals surface area contributed by atoms with E-state index in [0.29, 0.717) is 41.0 Å². The molecule has 0 spiro atoms. The zero-order chi connectivity index (χ0) is 26.8. The van der Waals surface area contributed by atoms with E-state index in [1.54, 1.807) is 49.6 Å². The maximum absolute atomic E-state index is 13.3. The topological polar surface area (TPSA) is 98.8 Å². The number of hydrogen-bond acceptors (Lipinski definition) is 6. The Morgan fingerprint density at radius 2 is 1.87 bits per heavy atom. The lowest BCUT2D eigenvalue weighted by Gasteiger charge is -2.41. The minimum atomic E-state index is -0.461. The summed E-state index contributed by atoms with van der Waals surface area (Å²) in [5, 5.41) is 10.5. The van der Waals surface area contributed by atoms with Gasteiger partial charge in [-0.1, -0.05) is 29.8 Å². The van der Waals surface area contributed by atoms with E-state index < -0.39 is 5.56 Å². The molecule has 0 aliphatic carbocycles. The number of rotatable bonds is 5. The van der Waals surface area contributed by atoms with Gasteiger partial charge in [-0.15, -0.1) is 0 Å². The lowest BCUT2D eigenvalue weighted by Crippen LogP contribution is -2.53. The highest BCUT2D eigenvalue weighted by Crippen LogP contribution is 2.23. The van der Waals surface area contributed by atoms with Crippen molar-refractivity contribution in [2.24, 2.45) is 0 Å². The SMILES string of the molecule is COc1cccc(C(O)=Cc2nc3ccc(C(=O)N4CCN(c5ccc(C)cc5)[C@@H](C)C4)cc3[nH]c2=O)c1. The number of ether oxygens (including phenoxy) is 1. The van der Waals surface area contributed by atoms with E-state index in [0.717, 1.165) is 12.2 Å². The van der Waals surface area contributed by atoms with Gasteiger partial charge in [0.15, 0.2) is 0 Å². The largest absolute Gasteiger partial charge is 0.507 e. The van der Waals surface area contributed by atoms with Crippen LogP contribution in [-0.4, -0.2) is 58.7 Å². The molecule has 4 aromatic rings. The second-order valence-corrected chi connectivity index (χ2v) is 9.57. The average molecular weight is 511 g/mol. The molecule has 0 radical (unpaired) electrons.